The van der Waals surface area contributed by atoms with E-state index in [-0.39, 0.29) is 16.0 Å². The zero-order valence-corrected chi connectivity index (χ0v) is 15.5. The number of hydrogen-bond acceptors (Lipinski definition) is 5. The van der Waals surface area contributed by atoms with Gasteiger partial charge in [0.2, 0.25) is 10.0 Å². The fourth-order valence-corrected chi connectivity index (χ4v) is 4.34. The standard InChI is InChI=1S/C16H23ClN4O2S/c1-12(2)5-7-19-13-3-4-15(17)16(9-13)24(22,23)20-14-6-8-21(10-14)11-18/h3-4,9,12,14,19-20H,5-8,10H2,1-2H3. The van der Waals surface area contributed by atoms with E-state index in [0.29, 0.717) is 25.4 Å². The number of sulfonamides is 1. The van der Waals surface area contributed by atoms with Gasteiger partial charge in [-0.05, 0) is 37.0 Å². The van der Waals surface area contributed by atoms with Crippen molar-refractivity contribution < 1.29 is 8.42 Å². The quantitative estimate of drug-likeness (QED) is 0.720. The van der Waals surface area contributed by atoms with Gasteiger partial charge in [0.15, 0.2) is 6.19 Å². The lowest BCUT2D eigenvalue weighted by molar-refractivity contribution is 0.470. The molecule has 0 aliphatic carbocycles. The molecular formula is C16H23ClN4O2S. The van der Waals surface area contributed by atoms with Crippen molar-refractivity contribution in [2.24, 2.45) is 5.92 Å². The molecule has 0 spiro atoms. The van der Waals surface area contributed by atoms with Crippen LogP contribution in [0, 0.1) is 17.4 Å². The Balaban J connectivity index is 2.10. The van der Waals surface area contributed by atoms with Crippen LogP contribution in [0.4, 0.5) is 5.69 Å². The van der Waals surface area contributed by atoms with E-state index >= 15 is 0 Å². The van der Waals surface area contributed by atoms with Crippen molar-refractivity contribution in [3.05, 3.63) is 23.2 Å². The molecule has 2 rings (SSSR count). The largest absolute Gasteiger partial charge is 0.385 e. The first-order chi connectivity index (χ1) is 11.3. The second-order valence-corrected chi connectivity index (χ2v) is 8.50. The first-order valence-corrected chi connectivity index (χ1v) is 9.88. The average Bonchev–Trinajstić information content (AvgIpc) is 2.95. The molecule has 8 heteroatoms. The maximum Gasteiger partial charge on any atom is 0.242 e. The van der Waals surface area contributed by atoms with Crippen LogP contribution in [0.2, 0.25) is 5.02 Å². The van der Waals surface area contributed by atoms with E-state index in [9.17, 15) is 8.42 Å². The molecule has 0 amide bonds. The number of anilines is 1. The third-order valence-corrected chi connectivity index (χ3v) is 5.93. The molecule has 1 aromatic rings. The monoisotopic (exact) mass is 370 g/mol. The van der Waals surface area contributed by atoms with Gasteiger partial charge in [0.25, 0.3) is 0 Å². The molecule has 24 heavy (non-hydrogen) atoms. The molecular weight excluding hydrogens is 348 g/mol. The summed E-state index contributed by atoms with van der Waals surface area (Å²) < 4.78 is 27.9. The van der Waals surface area contributed by atoms with E-state index in [2.05, 4.69) is 23.9 Å². The molecule has 6 nitrogen and oxygen atoms in total. The van der Waals surface area contributed by atoms with Crippen molar-refractivity contribution in [3.8, 4) is 6.19 Å². The lowest BCUT2D eigenvalue weighted by Gasteiger charge is -2.15. The Hall–Kier alpha value is -1.49. The second kappa shape index (κ2) is 8.06. The van der Waals surface area contributed by atoms with Crippen LogP contribution in [0.25, 0.3) is 0 Å². The Kier molecular flexibility index (Phi) is 6.33. The molecule has 0 radical (unpaired) electrons. The van der Waals surface area contributed by atoms with Gasteiger partial charge in [0.05, 0.1) is 5.02 Å². The van der Waals surface area contributed by atoms with Gasteiger partial charge in [-0.15, -0.1) is 0 Å². The number of hydrogen-bond donors (Lipinski definition) is 2. The Morgan fingerprint density at radius 2 is 2.21 bits per heavy atom. The predicted octanol–water partition coefficient (Wildman–Crippen LogP) is 2.63. The highest BCUT2D eigenvalue weighted by molar-refractivity contribution is 7.89. The van der Waals surface area contributed by atoms with Crippen molar-refractivity contribution in [1.82, 2.24) is 9.62 Å². The van der Waals surface area contributed by atoms with Crippen LogP contribution in [0.3, 0.4) is 0 Å². The van der Waals surface area contributed by atoms with Gasteiger partial charge in [0, 0.05) is 31.4 Å². The first kappa shape index (κ1) is 18.8. The van der Waals surface area contributed by atoms with Crippen molar-refractivity contribution >= 4 is 27.3 Å². The summed E-state index contributed by atoms with van der Waals surface area (Å²) in [4.78, 5) is 1.60. The fraction of sp³-hybridized carbons (Fsp3) is 0.562. The van der Waals surface area contributed by atoms with E-state index in [4.69, 9.17) is 16.9 Å². The summed E-state index contributed by atoms with van der Waals surface area (Å²) in [6.07, 6.45) is 3.64. The van der Waals surface area contributed by atoms with Gasteiger partial charge in [-0.3, -0.25) is 0 Å². The molecule has 1 aliphatic heterocycles. The van der Waals surface area contributed by atoms with E-state index in [1.54, 1.807) is 23.1 Å². The molecule has 1 fully saturated rings. The van der Waals surface area contributed by atoms with E-state index in [1.165, 1.54) is 0 Å². The van der Waals surface area contributed by atoms with Crippen molar-refractivity contribution in [2.45, 2.75) is 37.6 Å². The first-order valence-electron chi connectivity index (χ1n) is 8.02. The van der Waals surface area contributed by atoms with Crippen LogP contribution >= 0.6 is 11.6 Å². The topological polar surface area (TPSA) is 85.2 Å². The molecule has 0 saturated carbocycles. The maximum atomic E-state index is 12.6. The summed E-state index contributed by atoms with van der Waals surface area (Å²) in [5.41, 5.74) is 0.727. The molecule has 1 aliphatic rings. The third kappa shape index (κ3) is 5.00. The average molecular weight is 371 g/mol. The van der Waals surface area contributed by atoms with Crippen molar-refractivity contribution in [2.75, 3.05) is 25.0 Å². The summed E-state index contributed by atoms with van der Waals surface area (Å²) in [5, 5.41) is 12.3. The zero-order chi connectivity index (χ0) is 17.7. The van der Waals surface area contributed by atoms with E-state index < -0.39 is 10.0 Å². The van der Waals surface area contributed by atoms with Gasteiger partial charge in [-0.25, -0.2) is 13.1 Å². The minimum absolute atomic E-state index is 0.0640. The Morgan fingerprint density at radius 3 is 2.83 bits per heavy atom. The van der Waals surface area contributed by atoms with Gasteiger partial charge in [-0.1, -0.05) is 25.4 Å². The van der Waals surface area contributed by atoms with Crippen LogP contribution in [-0.4, -0.2) is 39.0 Å². The van der Waals surface area contributed by atoms with Crippen LogP contribution in [0.15, 0.2) is 23.1 Å². The molecule has 0 bridgehead atoms. The fourth-order valence-electron chi connectivity index (χ4n) is 2.55. The molecule has 1 atom stereocenters. The maximum absolute atomic E-state index is 12.6. The highest BCUT2D eigenvalue weighted by atomic mass is 35.5. The number of benzene rings is 1. The van der Waals surface area contributed by atoms with Gasteiger partial charge in [-0.2, -0.15) is 5.26 Å². The minimum atomic E-state index is -3.73. The molecule has 1 heterocycles. The molecule has 0 aromatic heterocycles. The number of nitriles is 1. The number of nitrogens with zero attached hydrogens (tertiary/aromatic N) is 2. The van der Waals surface area contributed by atoms with Crippen LogP contribution in [0.5, 0.6) is 0 Å². The van der Waals surface area contributed by atoms with E-state index in [1.807, 2.05) is 6.19 Å². The van der Waals surface area contributed by atoms with Crippen LogP contribution in [0.1, 0.15) is 26.7 Å². The van der Waals surface area contributed by atoms with Gasteiger partial charge in [0.1, 0.15) is 4.90 Å². The predicted molar refractivity (Wildman–Crippen MR) is 95.3 cm³/mol. The SMILES string of the molecule is CC(C)CCNc1ccc(Cl)c(S(=O)(=O)NC2CCN(C#N)C2)c1. The summed E-state index contributed by atoms with van der Waals surface area (Å²) in [7, 11) is -3.73. The summed E-state index contributed by atoms with van der Waals surface area (Å²) in [5.74, 6) is 0.570. The summed E-state index contributed by atoms with van der Waals surface area (Å²) in [6.45, 7) is 5.99. The highest BCUT2D eigenvalue weighted by Gasteiger charge is 2.28. The smallest absolute Gasteiger partial charge is 0.242 e. The van der Waals surface area contributed by atoms with Crippen LogP contribution < -0.4 is 10.0 Å². The number of rotatable bonds is 7. The molecule has 1 unspecified atom stereocenters. The number of likely N-dealkylation sites (tertiary alicyclic amines) is 1. The third-order valence-electron chi connectivity index (χ3n) is 3.92. The minimum Gasteiger partial charge on any atom is -0.385 e. The summed E-state index contributed by atoms with van der Waals surface area (Å²) in [6, 6.07) is 4.64. The molecule has 1 aromatic carbocycles. The number of nitrogens with one attached hydrogen (secondary N) is 2. The van der Waals surface area contributed by atoms with Gasteiger partial charge >= 0.3 is 0 Å². The molecule has 1 saturated heterocycles. The number of halogens is 1. The van der Waals surface area contributed by atoms with E-state index in [0.717, 1.165) is 18.7 Å². The zero-order valence-electron chi connectivity index (χ0n) is 13.9. The van der Waals surface area contributed by atoms with Crippen LogP contribution in [-0.2, 0) is 10.0 Å². The summed E-state index contributed by atoms with van der Waals surface area (Å²) >= 11 is 6.10. The molecule has 2 N–H and O–H groups in total. The van der Waals surface area contributed by atoms with Crippen molar-refractivity contribution in [1.29, 1.82) is 5.26 Å². The lowest BCUT2D eigenvalue weighted by atomic mass is 10.1. The Morgan fingerprint density at radius 1 is 1.46 bits per heavy atom. The lowest BCUT2D eigenvalue weighted by Crippen LogP contribution is -2.36. The van der Waals surface area contributed by atoms with Gasteiger partial charge < -0.3 is 10.2 Å². The molecule has 132 valence electrons. The normalized spacial score (nSPS) is 18.0. The Bertz CT molecular complexity index is 715. The van der Waals surface area contributed by atoms with Crippen molar-refractivity contribution in [3.63, 3.8) is 0 Å². The second-order valence-electron chi connectivity index (χ2n) is 6.41. The highest BCUT2D eigenvalue weighted by Crippen LogP contribution is 2.26. The Labute approximate surface area is 148 Å².